The van der Waals surface area contributed by atoms with Crippen molar-refractivity contribution in [1.29, 1.82) is 0 Å². The van der Waals surface area contributed by atoms with Crippen molar-refractivity contribution in [3.63, 3.8) is 0 Å². The summed E-state index contributed by atoms with van der Waals surface area (Å²) in [7, 11) is -2.89. The summed E-state index contributed by atoms with van der Waals surface area (Å²) in [6.07, 6.45) is 3.77. The summed E-state index contributed by atoms with van der Waals surface area (Å²) >= 11 is 0. The zero-order valence-corrected chi connectivity index (χ0v) is 12.5. The molecule has 0 aromatic heterocycles. The highest BCUT2D eigenvalue weighted by molar-refractivity contribution is 7.91. The fourth-order valence-corrected chi connectivity index (χ4v) is 3.44. The molecular weight excluding hydrogens is 250 g/mol. The second-order valence-electron chi connectivity index (χ2n) is 5.35. The van der Waals surface area contributed by atoms with Crippen LogP contribution in [-0.4, -0.2) is 55.2 Å². The van der Waals surface area contributed by atoms with Crippen LogP contribution in [0.3, 0.4) is 0 Å². The molecule has 1 aliphatic heterocycles. The maximum Gasteiger partial charge on any atom is 0.150 e. The molecule has 0 aromatic carbocycles. The van der Waals surface area contributed by atoms with Crippen molar-refractivity contribution in [3.8, 4) is 0 Å². The van der Waals surface area contributed by atoms with Crippen LogP contribution in [0.5, 0.6) is 0 Å². The van der Waals surface area contributed by atoms with Crippen molar-refractivity contribution in [3.05, 3.63) is 0 Å². The van der Waals surface area contributed by atoms with Crippen molar-refractivity contribution in [2.24, 2.45) is 0 Å². The Labute approximate surface area is 111 Å². The molecule has 0 spiro atoms. The number of hydrogen-bond acceptors (Lipinski definition) is 4. The third-order valence-corrected chi connectivity index (χ3v) is 5.78. The smallest absolute Gasteiger partial charge is 0.150 e. The highest BCUT2D eigenvalue weighted by atomic mass is 32.2. The Hall–Kier alpha value is -0.130. The largest absolute Gasteiger partial charge is 0.390 e. The maximum absolute atomic E-state index is 11.4. The molecule has 1 saturated heterocycles. The first-order valence-electron chi connectivity index (χ1n) is 7.06. The van der Waals surface area contributed by atoms with Crippen molar-refractivity contribution in [1.82, 2.24) is 4.90 Å². The standard InChI is InChI=1S/C13H27NO3S/c1-3-14-10-5-7-13(15,9-11-14)8-6-12-18(16,17)4-2/h15H,3-12H2,1-2H3. The summed E-state index contributed by atoms with van der Waals surface area (Å²) in [6.45, 7) is 6.81. The summed E-state index contributed by atoms with van der Waals surface area (Å²) in [5, 5.41) is 10.5. The van der Waals surface area contributed by atoms with E-state index in [-0.39, 0.29) is 11.5 Å². The van der Waals surface area contributed by atoms with Crippen LogP contribution in [0.4, 0.5) is 0 Å². The highest BCUT2D eigenvalue weighted by Gasteiger charge is 2.29. The van der Waals surface area contributed by atoms with Gasteiger partial charge in [-0.1, -0.05) is 13.8 Å². The summed E-state index contributed by atoms with van der Waals surface area (Å²) in [6, 6.07) is 0. The van der Waals surface area contributed by atoms with E-state index in [4.69, 9.17) is 0 Å². The molecule has 1 atom stereocenters. The van der Waals surface area contributed by atoms with E-state index in [2.05, 4.69) is 11.8 Å². The fourth-order valence-electron chi connectivity index (χ4n) is 2.57. The number of aliphatic hydroxyl groups is 1. The molecule has 1 unspecified atom stereocenters. The molecule has 1 heterocycles. The van der Waals surface area contributed by atoms with Gasteiger partial charge in [0, 0.05) is 12.3 Å². The van der Waals surface area contributed by atoms with E-state index in [9.17, 15) is 13.5 Å². The molecule has 0 aromatic rings. The lowest BCUT2D eigenvalue weighted by Gasteiger charge is -2.26. The molecule has 1 rings (SSSR count). The van der Waals surface area contributed by atoms with E-state index >= 15 is 0 Å². The second kappa shape index (κ2) is 6.87. The number of likely N-dealkylation sites (tertiary alicyclic amines) is 1. The third-order valence-electron chi connectivity index (χ3n) is 3.99. The molecule has 0 amide bonds. The Balaban J connectivity index is 2.40. The first-order chi connectivity index (χ1) is 8.41. The van der Waals surface area contributed by atoms with E-state index in [1.807, 2.05) is 0 Å². The Kier molecular flexibility index (Phi) is 6.08. The van der Waals surface area contributed by atoms with Gasteiger partial charge in [-0.15, -0.1) is 0 Å². The Morgan fingerprint density at radius 3 is 2.56 bits per heavy atom. The molecule has 0 aliphatic carbocycles. The molecule has 108 valence electrons. The Morgan fingerprint density at radius 2 is 1.94 bits per heavy atom. The van der Waals surface area contributed by atoms with Gasteiger partial charge in [-0.2, -0.15) is 0 Å². The second-order valence-corrected chi connectivity index (χ2v) is 7.82. The number of nitrogens with zero attached hydrogens (tertiary/aromatic N) is 1. The SMILES string of the molecule is CCN1CCCC(O)(CCCS(=O)(=O)CC)CC1. The van der Waals surface area contributed by atoms with Gasteiger partial charge < -0.3 is 10.0 Å². The van der Waals surface area contributed by atoms with Crippen LogP contribution >= 0.6 is 0 Å². The molecular formula is C13H27NO3S. The van der Waals surface area contributed by atoms with Gasteiger partial charge in [0.15, 0.2) is 0 Å². The predicted molar refractivity (Wildman–Crippen MR) is 74.5 cm³/mol. The minimum Gasteiger partial charge on any atom is -0.390 e. The predicted octanol–water partition coefficient (Wildman–Crippen LogP) is 1.44. The first kappa shape index (κ1) is 15.9. The van der Waals surface area contributed by atoms with E-state index < -0.39 is 15.4 Å². The monoisotopic (exact) mass is 277 g/mol. The van der Waals surface area contributed by atoms with E-state index in [1.165, 1.54) is 0 Å². The number of hydrogen-bond donors (Lipinski definition) is 1. The van der Waals surface area contributed by atoms with E-state index in [0.29, 0.717) is 12.8 Å². The van der Waals surface area contributed by atoms with Crippen LogP contribution in [0.25, 0.3) is 0 Å². The normalized spacial score (nSPS) is 27.1. The minimum atomic E-state index is -2.89. The summed E-state index contributed by atoms with van der Waals surface area (Å²) in [5.41, 5.74) is -0.646. The van der Waals surface area contributed by atoms with Gasteiger partial charge >= 0.3 is 0 Å². The molecule has 0 saturated carbocycles. The zero-order valence-electron chi connectivity index (χ0n) is 11.7. The summed E-state index contributed by atoms with van der Waals surface area (Å²) < 4.78 is 22.8. The van der Waals surface area contributed by atoms with Gasteiger partial charge in [0.25, 0.3) is 0 Å². The average molecular weight is 277 g/mol. The molecule has 0 bridgehead atoms. The molecule has 1 aliphatic rings. The first-order valence-corrected chi connectivity index (χ1v) is 8.88. The topological polar surface area (TPSA) is 57.6 Å². The van der Waals surface area contributed by atoms with Crippen LogP contribution in [0, 0.1) is 0 Å². The lowest BCUT2D eigenvalue weighted by Crippen LogP contribution is -2.31. The molecule has 1 N–H and O–H groups in total. The molecule has 18 heavy (non-hydrogen) atoms. The van der Waals surface area contributed by atoms with Gasteiger partial charge in [0.1, 0.15) is 9.84 Å². The number of sulfone groups is 1. The highest BCUT2D eigenvalue weighted by Crippen LogP contribution is 2.27. The van der Waals surface area contributed by atoms with Gasteiger partial charge in [0.05, 0.1) is 11.4 Å². The third kappa shape index (κ3) is 5.24. The average Bonchev–Trinajstić information content (AvgIpc) is 2.51. The van der Waals surface area contributed by atoms with E-state index in [0.717, 1.165) is 38.9 Å². The van der Waals surface area contributed by atoms with Gasteiger partial charge in [0.2, 0.25) is 0 Å². The summed E-state index contributed by atoms with van der Waals surface area (Å²) in [4.78, 5) is 2.35. The van der Waals surface area contributed by atoms with Crippen molar-refractivity contribution < 1.29 is 13.5 Å². The molecule has 5 heteroatoms. The van der Waals surface area contributed by atoms with Crippen molar-refractivity contribution >= 4 is 9.84 Å². The van der Waals surface area contributed by atoms with Crippen LogP contribution < -0.4 is 0 Å². The van der Waals surface area contributed by atoms with Crippen LogP contribution in [0.2, 0.25) is 0 Å². The van der Waals surface area contributed by atoms with Crippen LogP contribution in [-0.2, 0) is 9.84 Å². The van der Waals surface area contributed by atoms with Crippen molar-refractivity contribution in [2.75, 3.05) is 31.1 Å². The molecule has 0 radical (unpaired) electrons. The lowest BCUT2D eigenvalue weighted by atomic mass is 9.90. The van der Waals surface area contributed by atoms with Gasteiger partial charge in [-0.3, -0.25) is 0 Å². The summed E-state index contributed by atoms with van der Waals surface area (Å²) in [5.74, 6) is 0.415. The fraction of sp³-hybridized carbons (Fsp3) is 1.00. The van der Waals surface area contributed by atoms with E-state index in [1.54, 1.807) is 6.92 Å². The number of rotatable bonds is 6. The zero-order chi connectivity index (χ0) is 13.6. The van der Waals surface area contributed by atoms with Crippen molar-refractivity contribution in [2.45, 2.75) is 51.6 Å². The lowest BCUT2D eigenvalue weighted by molar-refractivity contribution is 0.0166. The Bertz CT molecular complexity index is 342. The quantitative estimate of drug-likeness (QED) is 0.798. The van der Waals surface area contributed by atoms with Gasteiger partial charge in [-0.05, 0) is 45.2 Å². The molecule has 1 fully saturated rings. The van der Waals surface area contributed by atoms with Gasteiger partial charge in [-0.25, -0.2) is 8.42 Å². The van der Waals surface area contributed by atoms with Crippen LogP contribution in [0.15, 0.2) is 0 Å². The minimum absolute atomic E-state index is 0.203. The maximum atomic E-state index is 11.4. The molecule has 4 nitrogen and oxygen atoms in total. The van der Waals surface area contributed by atoms with Crippen LogP contribution in [0.1, 0.15) is 46.0 Å². The Morgan fingerprint density at radius 1 is 1.22 bits per heavy atom.